The van der Waals surface area contributed by atoms with Gasteiger partial charge in [-0.25, -0.2) is 0 Å². The van der Waals surface area contributed by atoms with E-state index in [1.807, 2.05) is 0 Å². The molecule has 88 valence electrons. The van der Waals surface area contributed by atoms with E-state index in [1.54, 1.807) is 6.04 Å². The molecule has 0 aromatic heterocycles. The monoisotopic (exact) mass is 218 g/mol. The van der Waals surface area contributed by atoms with Crippen molar-refractivity contribution in [2.75, 3.05) is 13.1 Å². The van der Waals surface area contributed by atoms with Crippen LogP contribution in [0, 0.1) is 0 Å². The molecular weight excluding hydrogens is 188 g/mol. The predicted octanol–water partition coefficient (Wildman–Crippen LogP) is 2.81. The minimum absolute atomic E-state index is 0.597. The Morgan fingerprint density at radius 3 is 1.21 bits per heavy atom. The lowest BCUT2D eigenvalue weighted by molar-refractivity contribution is 0.976. The maximum absolute atomic E-state index is 4.90. The molecule has 2 nitrogen and oxygen atoms in total. The molecule has 0 radical (unpaired) electrons. The Bertz CT molecular complexity index is 93.2. The van der Waals surface area contributed by atoms with Crippen molar-refractivity contribution >= 4 is 8.07 Å². The Morgan fingerprint density at radius 1 is 0.786 bits per heavy atom. The van der Waals surface area contributed by atoms with Crippen LogP contribution < -0.4 is 11.5 Å². The molecule has 0 aliphatic heterocycles. The van der Waals surface area contributed by atoms with Crippen molar-refractivity contribution in [2.45, 2.75) is 58.3 Å². The lowest BCUT2D eigenvalue weighted by atomic mass is 10.6. The second-order valence-corrected chi connectivity index (χ2v) is 9.51. The van der Waals surface area contributed by atoms with E-state index in [4.69, 9.17) is 11.5 Å². The highest BCUT2D eigenvalue weighted by atomic mass is 28.3. The van der Waals surface area contributed by atoms with Gasteiger partial charge in [-0.1, -0.05) is 58.3 Å². The number of rotatable bonds is 6. The summed E-state index contributed by atoms with van der Waals surface area (Å²) in [6, 6.07) is 6.03. The van der Waals surface area contributed by atoms with Crippen LogP contribution in [0.1, 0.15) is 34.1 Å². The van der Waals surface area contributed by atoms with Crippen LogP contribution in [0.15, 0.2) is 0 Å². The molecule has 0 bridgehead atoms. The maximum atomic E-state index is 4.90. The largest absolute Gasteiger partial charge is 0.329 e. The smallest absolute Gasteiger partial charge is 0.0527 e. The van der Waals surface area contributed by atoms with Crippen LogP contribution in [0.4, 0.5) is 0 Å². The van der Waals surface area contributed by atoms with E-state index >= 15 is 0 Å². The van der Waals surface area contributed by atoms with Gasteiger partial charge in [-0.3, -0.25) is 0 Å². The predicted molar refractivity (Wildman–Crippen MR) is 70.4 cm³/mol. The second-order valence-electron chi connectivity index (χ2n) is 3.89. The Hall–Kier alpha value is 0.137. The molecule has 0 fully saturated rings. The average molecular weight is 218 g/mol. The van der Waals surface area contributed by atoms with Gasteiger partial charge in [0.25, 0.3) is 0 Å². The van der Waals surface area contributed by atoms with Crippen molar-refractivity contribution < 1.29 is 0 Å². The van der Waals surface area contributed by atoms with Gasteiger partial charge in [0.1, 0.15) is 0 Å². The number of hydrogen-bond acceptors (Lipinski definition) is 2. The number of hydrogen-bond donors (Lipinski definition) is 2. The molecule has 0 amide bonds. The van der Waals surface area contributed by atoms with Crippen molar-refractivity contribution in [2.24, 2.45) is 11.5 Å². The van der Waals surface area contributed by atoms with Gasteiger partial charge in [-0.15, -0.1) is 0 Å². The minimum atomic E-state index is -0.717. The van der Waals surface area contributed by atoms with Gasteiger partial charge in [0.2, 0.25) is 0 Å². The van der Waals surface area contributed by atoms with Gasteiger partial charge in [-0.05, 0) is 0 Å². The molecular formula is C11H30N2Si. The standard InChI is InChI=1S/C9H22Si.C2H8N2/c1-5-9-10(6-2,7-3)8-4;3-1-2-4/h5-9H2,1-4H3;1-4H2. The van der Waals surface area contributed by atoms with Gasteiger partial charge < -0.3 is 11.5 Å². The second kappa shape index (κ2) is 11.2. The van der Waals surface area contributed by atoms with Crippen LogP contribution in [0.25, 0.3) is 0 Å². The molecule has 0 aliphatic carbocycles. The fourth-order valence-electron chi connectivity index (χ4n) is 1.81. The van der Waals surface area contributed by atoms with Gasteiger partial charge in [0.05, 0.1) is 8.07 Å². The summed E-state index contributed by atoms with van der Waals surface area (Å²) in [5.41, 5.74) is 9.81. The van der Waals surface area contributed by atoms with E-state index in [0.717, 1.165) is 0 Å². The molecule has 0 saturated heterocycles. The lowest BCUT2D eigenvalue weighted by Crippen LogP contribution is -2.30. The SMILES string of the molecule is CCC[Si](CC)(CC)CC.NCCN. The van der Waals surface area contributed by atoms with Gasteiger partial charge in [-0.2, -0.15) is 0 Å². The summed E-state index contributed by atoms with van der Waals surface area (Å²) in [6.45, 7) is 10.7. The fourth-order valence-corrected chi connectivity index (χ4v) is 5.43. The van der Waals surface area contributed by atoms with Crippen molar-refractivity contribution in [3.05, 3.63) is 0 Å². The van der Waals surface area contributed by atoms with Crippen molar-refractivity contribution in [3.8, 4) is 0 Å². The summed E-state index contributed by atoms with van der Waals surface area (Å²) in [4.78, 5) is 0. The topological polar surface area (TPSA) is 52.0 Å². The third-order valence-electron chi connectivity index (χ3n) is 3.20. The van der Waals surface area contributed by atoms with Crippen molar-refractivity contribution in [1.29, 1.82) is 0 Å². The van der Waals surface area contributed by atoms with E-state index in [0.29, 0.717) is 13.1 Å². The van der Waals surface area contributed by atoms with Gasteiger partial charge >= 0.3 is 0 Å². The quantitative estimate of drug-likeness (QED) is 0.674. The first-order chi connectivity index (χ1) is 6.66. The molecule has 0 rings (SSSR count). The Kier molecular flexibility index (Phi) is 13.3. The van der Waals surface area contributed by atoms with E-state index in [-0.39, 0.29) is 0 Å². The molecule has 0 aromatic rings. The first-order valence-electron chi connectivity index (χ1n) is 6.06. The Labute approximate surface area is 91.5 Å². The summed E-state index contributed by atoms with van der Waals surface area (Å²) in [5, 5.41) is 0. The van der Waals surface area contributed by atoms with Crippen LogP contribution in [-0.4, -0.2) is 21.2 Å². The van der Waals surface area contributed by atoms with Crippen molar-refractivity contribution in [1.82, 2.24) is 0 Å². The Morgan fingerprint density at radius 2 is 1.14 bits per heavy atom. The molecule has 0 saturated carbocycles. The van der Waals surface area contributed by atoms with Crippen molar-refractivity contribution in [3.63, 3.8) is 0 Å². The van der Waals surface area contributed by atoms with Gasteiger partial charge in [0, 0.05) is 13.1 Å². The first-order valence-corrected chi connectivity index (χ1v) is 8.89. The zero-order chi connectivity index (χ0) is 11.4. The fraction of sp³-hybridized carbons (Fsp3) is 1.00. The number of nitrogens with two attached hydrogens (primary N) is 2. The summed E-state index contributed by atoms with van der Waals surface area (Å²) in [5.74, 6) is 0. The summed E-state index contributed by atoms with van der Waals surface area (Å²) in [6.07, 6.45) is 1.40. The lowest BCUT2D eigenvalue weighted by Gasteiger charge is -2.27. The van der Waals surface area contributed by atoms with E-state index in [1.165, 1.54) is 24.6 Å². The van der Waals surface area contributed by atoms with Crippen LogP contribution in [0.3, 0.4) is 0 Å². The normalized spacial score (nSPS) is 10.7. The minimum Gasteiger partial charge on any atom is -0.329 e. The molecule has 0 aromatic carbocycles. The van der Waals surface area contributed by atoms with Crippen LogP contribution in [0.2, 0.25) is 24.2 Å². The summed E-state index contributed by atoms with van der Waals surface area (Å²) < 4.78 is 0. The highest BCUT2D eigenvalue weighted by Gasteiger charge is 2.24. The van der Waals surface area contributed by atoms with E-state index in [2.05, 4.69) is 27.7 Å². The third-order valence-corrected chi connectivity index (χ3v) is 9.26. The molecule has 0 atom stereocenters. The Balaban J connectivity index is 0. The molecule has 0 heterocycles. The van der Waals surface area contributed by atoms with Crippen LogP contribution >= 0.6 is 0 Å². The zero-order valence-corrected chi connectivity index (χ0v) is 11.6. The van der Waals surface area contributed by atoms with E-state index < -0.39 is 8.07 Å². The third kappa shape index (κ3) is 7.53. The highest BCUT2D eigenvalue weighted by molar-refractivity contribution is 6.79. The first kappa shape index (κ1) is 16.6. The molecule has 4 N–H and O–H groups in total. The maximum Gasteiger partial charge on any atom is 0.0527 e. The molecule has 3 heteroatoms. The molecule has 0 spiro atoms. The van der Waals surface area contributed by atoms with Crippen LogP contribution in [-0.2, 0) is 0 Å². The summed E-state index contributed by atoms with van der Waals surface area (Å²) in [7, 11) is -0.717. The molecule has 0 aliphatic rings. The average Bonchev–Trinajstić information content (AvgIpc) is 2.26. The summed E-state index contributed by atoms with van der Waals surface area (Å²) >= 11 is 0. The highest BCUT2D eigenvalue weighted by Crippen LogP contribution is 2.25. The zero-order valence-electron chi connectivity index (χ0n) is 10.6. The molecule has 14 heavy (non-hydrogen) atoms. The van der Waals surface area contributed by atoms with E-state index in [9.17, 15) is 0 Å². The molecule has 0 unspecified atom stereocenters. The van der Waals surface area contributed by atoms with Crippen LogP contribution in [0.5, 0.6) is 0 Å². The van der Waals surface area contributed by atoms with Gasteiger partial charge in [0.15, 0.2) is 0 Å².